The molecule has 7 heteroatoms. The van der Waals surface area contributed by atoms with Gasteiger partial charge in [-0.2, -0.15) is 0 Å². The Morgan fingerprint density at radius 1 is 1.32 bits per heavy atom. The van der Waals surface area contributed by atoms with Crippen molar-refractivity contribution in [2.75, 3.05) is 7.05 Å². The summed E-state index contributed by atoms with van der Waals surface area (Å²) in [4.78, 5) is 12.5. The van der Waals surface area contributed by atoms with Crippen LogP contribution in [0.5, 0.6) is 0 Å². The number of nitrogens with one attached hydrogen (secondary N) is 1. The molecule has 1 heterocycles. The Balaban J connectivity index is 1.75. The Morgan fingerprint density at radius 2 is 2.00 bits per heavy atom. The molecule has 1 saturated heterocycles. The first kappa shape index (κ1) is 25.6. The van der Waals surface area contributed by atoms with E-state index in [4.69, 9.17) is 21.7 Å². The van der Waals surface area contributed by atoms with Crippen molar-refractivity contribution >= 4 is 23.4 Å². The summed E-state index contributed by atoms with van der Waals surface area (Å²) in [5.41, 5.74) is 0.254. The maximum Gasteiger partial charge on any atom is 0.338 e. The summed E-state index contributed by atoms with van der Waals surface area (Å²) in [6.45, 7) is 15.2. The van der Waals surface area contributed by atoms with Gasteiger partial charge in [0.25, 0.3) is 5.17 Å². The van der Waals surface area contributed by atoms with Gasteiger partial charge in [0.15, 0.2) is 6.10 Å². The lowest BCUT2D eigenvalue weighted by Crippen LogP contribution is -2.63. The number of esters is 1. The molecule has 10 unspecified atom stereocenters. The number of carbonyl (C=O) groups excluding carboxylic acids is 1. The second-order valence-corrected chi connectivity index (χ2v) is 12.2. The summed E-state index contributed by atoms with van der Waals surface area (Å²) in [6, 6.07) is 0. The summed E-state index contributed by atoms with van der Waals surface area (Å²) in [5, 5.41) is 26.2. The first-order valence-electron chi connectivity index (χ1n) is 12.7. The molecule has 3 aliphatic carbocycles. The van der Waals surface area contributed by atoms with Gasteiger partial charge in [0.05, 0.1) is 0 Å². The lowest BCUT2D eigenvalue weighted by atomic mass is 9.53. The topological polar surface area (TPSA) is 88.0 Å². The smallest absolute Gasteiger partial charge is 0.338 e. The van der Waals surface area contributed by atoms with Crippen molar-refractivity contribution in [3.05, 3.63) is 23.8 Å². The van der Waals surface area contributed by atoms with Crippen molar-refractivity contribution < 1.29 is 24.5 Å². The van der Waals surface area contributed by atoms with Gasteiger partial charge < -0.3 is 25.0 Å². The van der Waals surface area contributed by atoms with E-state index < -0.39 is 29.7 Å². The van der Waals surface area contributed by atoms with Crippen LogP contribution in [0.1, 0.15) is 60.3 Å². The molecular formula is C27H41NO5S. The van der Waals surface area contributed by atoms with E-state index in [0.717, 1.165) is 19.3 Å². The minimum absolute atomic E-state index is 0.0307. The van der Waals surface area contributed by atoms with Gasteiger partial charge in [0.2, 0.25) is 0 Å². The number of cyclic esters (lactones) is 1. The van der Waals surface area contributed by atoms with E-state index in [1.54, 1.807) is 14.0 Å². The first-order chi connectivity index (χ1) is 15.8. The van der Waals surface area contributed by atoms with E-state index in [0.29, 0.717) is 34.9 Å². The summed E-state index contributed by atoms with van der Waals surface area (Å²) in [6.07, 6.45) is 3.37. The molecule has 0 spiro atoms. The van der Waals surface area contributed by atoms with Crippen LogP contribution in [0.2, 0.25) is 0 Å². The first-order valence-corrected chi connectivity index (χ1v) is 13.1. The Kier molecular flexibility index (Phi) is 6.71. The fraction of sp³-hybridized carbons (Fsp3) is 0.778. The van der Waals surface area contributed by atoms with E-state index in [9.17, 15) is 15.0 Å². The highest BCUT2D eigenvalue weighted by Gasteiger charge is 2.62. The Bertz CT molecular complexity index is 901. The molecule has 0 radical (unpaired) electrons. The van der Waals surface area contributed by atoms with Gasteiger partial charge in [-0.1, -0.05) is 39.0 Å². The molecule has 190 valence electrons. The molecule has 3 N–H and O–H groups in total. The monoisotopic (exact) mass is 491 g/mol. The van der Waals surface area contributed by atoms with Crippen LogP contribution in [0.15, 0.2) is 23.8 Å². The molecule has 34 heavy (non-hydrogen) atoms. The van der Waals surface area contributed by atoms with Crippen LogP contribution in [0.4, 0.5) is 0 Å². The lowest BCUT2D eigenvalue weighted by molar-refractivity contribution is -0.209. The van der Waals surface area contributed by atoms with Gasteiger partial charge in [-0.05, 0) is 86.4 Å². The number of fused-ring (bicyclic) bond motifs is 3. The van der Waals surface area contributed by atoms with E-state index >= 15 is 0 Å². The van der Waals surface area contributed by atoms with Crippen molar-refractivity contribution in [2.24, 2.45) is 40.9 Å². The SMILES string of the molecule is C=C1C2CC3C(C(C)C)C(OC(=S)NC)CC3(C)CC2/C(C)=C\CC2C(C)OC(=O)C(O)C12O. The number of hydrogen-bond donors (Lipinski definition) is 3. The fourth-order valence-corrected chi connectivity index (χ4v) is 8.04. The van der Waals surface area contributed by atoms with Crippen LogP contribution in [-0.4, -0.2) is 52.3 Å². The van der Waals surface area contributed by atoms with Crippen LogP contribution in [0.3, 0.4) is 0 Å². The minimum atomic E-state index is -1.70. The highest BCUT2D eigenvalue weighted by atomic mass is 32.1. The molecule has 2 saturated carbocycles. The maximum atomic E-state index is 12.5. The number of aliphatic hydroxyl groups excluding tert-OH is 1. The zero-order chi connectivity index (χ0) is 25.2. The largest absolute Gasteiger partial charge is 0.467 e. The zero-order valence-corrected chi connectivity index (χ0v) is 22.2. The number of hydrogen-bond acceptors (Lipinski definition) is 6. The van der Waals surface area contributed by atoms with Gasteiger partial charge in [-0.15, -0.1) is 0 Å². The summed E-state index contributed by atoms with van der Waals surface area (Å²) in [7, 11) is 1.79. The van der Waals surface area contributed by atoms with Gasteiger partial charge in [-0.25, -0.2) is 4.79 Å². The third kappa shape index (κ3) is 3.82. The predicted octanol–water partition coefficient (Wildman–Crippen LogP) is 3.76. The molecule has 4 rings (SSSR count). The lowest BCUT2D eigenvalue weighted by Gasteiger charge is -2.54. The Hall–Kier alpha value is -1.44. The van der Waals surface area contributed by atoms with Gasteiger partial charge in [-0.3, -0.25) is 0 Å². The summed E-state index contributed by atoms with van der Waals surface area (Å²) in [5.74, 6) is 0.0388. The second-order valence-electron chi connectivity index (χ2n) is 11.8. The van der Waals surface area contributed by atoms with Crippen LogP contribution >= 0.6 is 12.2 Å². The average molecular weight is 492 g/mol. The molecule has 3 fully saturated rings. The quantitative estimate of drug-likeness (QED) is 0.308. The van der Waals surface area contributed by atoms with Crippen molar-refractivity contribution in [3.8, 4) is 0 Å². The maximum absolute atomic E-state index is 12.5. The molecular weight excluding hydrogens is 450 g/mol. The highest BCUT2D eigenvalue weighted by molar-refractivity contribution is 7.80. The van der Waals surface area contributed by atoms with Crippen molar-refractivity contribution in [2.45, 2.75) is 84.2 Å². The van der Waals surface area contributed by atoms with Crippen LogP contribution in [-0.2, 0) is 14.3 Å². The number of ether oxygens (including phenoxy) is 2. The van der Waals surface area contributed by atoms with Gasteiger partial charge >= 0.3 is 5.97 Å². The highest BCUT2D eigenvalue weighted by Crippen LogP contribution is 2.63. The van der Waals surface area contributed by atoms with E-state index in [-0.39, 0.29) is 23.4 Å². The van der Waals surface area contributed by atoms with E-state index in [1.807, 2.05) is 0 Å². The number of aliphatic hydroxyl groups is 2. The zero-order valence-electron chi connectivity index (χ0n) is 21.3. The van der Waals surface area contributed by atoms with Crippen LogP contribution in [0, 0.1) is 40.9 Å². The molecule has 0 aromatic heterocycles. The predicted molar refractivity (Wildman–Crippen MR) is 135 cm³/mol. The molecule has 0 bridgehead atoms. The third-order valence-corrected chi connectivity index (χ3v) is 9.98. The number of rotatable bonds is 2. The normalized spacial score (nSPS) is 47.9. The Labute approximate surface area is 209 Å². The van der Waals surface area contributed by atoms with Gasteiger partial charge in [0.1, 0.15) is 17.8 Å². The second kappa shape index (κ2) is 8.90. The molecule has 4 aliphatic rings. The number of allylic oxidation sites excluding steroid dienone is 2. The van der Waals surface area contributed by atoms with Crippen molar-refractivity contribution in [1.82, 2.24) is 5.32 Å². The standard InChI is InChI=1S/C27H41NO5S/c1-13(2)22-20-10-17-15(4)27(31)19(16(5)32-24(30)23(27)29)9-8-14(3)18(17)11-26(20,6)12-21(22)33-25(34)28-7/h8,13,16-23,29,31H,4,9-12H2,1-3,5-7H3,(H,28,34)/b14-8-. The summed E-state index contributed by atoms with van der Waals surface area (Å²) >= 11 is 5.36. The number of thiocarbonyl (C=S) groups is 1. The van der Waals surface area contributed by atoms with Gasteiger partial charge in [0, 0.05) is 18.9 Å². The van der Waals surface area contributed by atoms with E-state index in [1.165, 1.54) is 5.57 Å². The average Bonchev–Trinajstić information content (AvgIpc) is 3.05. The van der Waals surface area contributed by atoms with Crippen LogP contribution in [0.25, 0.3) is 0 Å². The minimum Gasteiger partial charge on any atom is -0.467 e. The van der Waals surface area contributed by atoms with E-state index in [2.05, 4.69) is 45.7 Å². The third-order valence-electron chi connectivity index (χ3n) is 9.68. The fourth-order valence-electron chi connectivity index (χ4n) is 7.92. The van der Waals surface area contributed by atoms with Crippen molar-refractivity contribution in [3.63, 3.8) is 0 Å². The molecule has 10 atom stereocenters. The molecule has 0 aromatic carbocycles. The molecule has 0 aromatic rings. The number of carbonyl (C=O) groups is 1. The molecule has 6 nitrogen and oxygen atoms in total. The van der Waals surface area contributed by atoms with Crippen molar-refractivity contribution in [1.29, 1.82) is 0 Å². The Morgan fingerprint density at radius 3 is 2.62 bits per heavy atom. The molecule has 1 aliphatic heterocycles. The van der Waals surface area contributed by atoms with Crippen LogP contribution < -0.4 is 5.32 Å². The molecule has 0 amide bonds. The summed E-state index contributed by atoms with van der Waals surface area (Å²) < 4.78 is 11.6.